The van der Waals surface area contributed by atoms with Crippen LogP contribution in [0.2, 0.25) is 0 Å². The fraction of sp³-hybridized carbons (Fsp3) is 0.133. The van der Waals surface area contributed by atoms with Crippen molar-refractivity contribution in [3.05, 3.63) is 59.2 Å². The second-order valence-electron chi connectivity index (χ2n) is 4.18. The normalized spacial score (nSPS) is 9.76. The molecule has 2 aromatic rings. The zero-order chi connectivity index (χ0) is 15.2. The van der Waals surface area contributed by atoms with Crippen molar-refractivity contribution in [2.75, 3.05) is 7.11 Å². The van der Waals surface area contributed by atoms with Gasteiger partial charge in [-0.3, -0.25) is 9.78 Å². The third-order valence-corrected chi connectivity index (χ3v) is 2.87. The van der Waals surface area contributed by atoms with Crippen molar-refractivity contribution in [3.63, 3.8) is 0 Å². The number of ether oxygens (including phenoxy) is 1. The van der Waals surface area contributed by atoms with Crippen molar-refractivity contribution < 1.29 is 13.9 Å². The Morgan fingerprint density at radius 2 is 2.29 bits per heavy atom. The topological polar surface area (TPSA) is 75.0 Å². The largest absolute Gasteiger partial charge is 0.494 e. The van der Waals surface area contributed by atoms with Crippen LogP contribution in [0.4, 0.5) is 4.39 Å². The van der Waals surface area contributed by atoms with Gasteiger partial charge in [0.25, 0.3) is 5.91 Å². The third kappa shape index (κ3) is 3.34. The number of methoxy groups -OCH3 is 1. The van der Waals surface area contributed by atoms with E-state index in [-0.39, 0.29) is 12.1 Å². The maximum atomic E-state index is 13.7. The van der Waals surface area contributed by atoms with E-state index in [0.717, 1.165) is 6.07 Å². The Morgan fingerprint density at radius 3 is 2.95 bits per heavy atom. The van der Waals surface area contributed by atoms with Crippen LogP contribution < -0.4 is 10.1 Å². The highest BCUT2D eigenvalue weighted by Gasteiger charge is 2.12. The summed E-state index contributed by atoms with van der Waals surface area (Å²) in [5.41, 5.74) is 0.857. The average Bonchev–Trinajstić information content (AvgIpc) is 2.53. The monoisotopic (exact) mass is 285 g/mol. The number of carbonyl (C=O) groups excluding carboxylic acids is 1. The maximum Gasteiger partial charge on any atom is 0.255 e. The smallest absolute Gasteiger partial charge is 0.255 e. The average molecular weight is 285 g/mol. The summed E-state index contributed by atoms with van der Waals surface area (Å²) in [7, 11) is 1.44. The molecule has 1 aromatic carbocycles. The van der Waals surface area contributed by atoms with Gasteiger partial charge in [0.1, 0.15) is 11.6 Å². The lowest BCUT2D eigenvalue weighted by molar-refractivity contribution is 0.0947. The van der Waals surface area contributed by atoms with Gasteiger partial charge < -0.3 is 10.1 Å². The van der Waals surface area contributed by atoms with Crippen molar-refractivity contribution in [1.29, 1.82) is 5.26 Å². The van der Waals surface area contributed by atoms with Crippen molar-refractivity contribution in [1.82, 2.24) is 10.3 Å². The first-order chi connectivity index (χ1) is 10.2. The number of carbonyl (C=O) groups is 1. The first-order valence-electron chi connectivity index (χ1n) is 6.10. The van der Waals surface area contributed by atoms with E-state index >= 15 is 0 Å². The van der Waals surface area contributed by atoms with Gasteiger partial charge in [0.2, 0.25) is 0 Å². The van der Waals surface area contributed by atoms with E-state index in [2.05, 4.69) is 10.3 Å². The lowest BCUT2D eigenvalue weighted by atomic mass is 10.1. The SMILES string of the molecule is COc1cnccc1C(=O)NCc1ccc(C#N)cc1F. The molecule has 0 atom stereocenters. The number of nitrogens with zero attached hydrogens (tertiary/aromatic N) is 2. The van der Waals surface area contributed by atoms with Crippen molar-refractivity contribution in [3.8, 4) is 11.8 Å². The number of rotatable bonds is 4. The van der Waals surface area contributed by atoms with E-state index in [1.54, 1.807) is 0 Å². The van der Waals surface area contributed by atoms with Crippen LogP contribution in [0.5, 0.6) is 5.75 Å². The summed E-state index contributed by atoms with van der Waals surface area (Å²) >= 11 is 0. The van der Waals surface area contributed by atoms with Crippen LogP contribution >= 0.6 is 0 Å². The molecule has 0 aliphatic rings. The van der Waals surface area contributed by atoms with Crippen LogP contribution in [0.25, 0.3) is 0 Å². The van der Waals surface area contributed by atoms with Crippen LogP contribution in [-0.4, -0.2) is 18.0 Å². The second kappa shape index (κ2) is 6.48. The molecule has 0 saturated carbocycles. The number of hydrogen-bond donors (Lipinski definition) is 1. The highest BCUT2D eigenvalue weighted by Crippen LogP contribution is 2.16. The summed E-state index contributed by atoms with van der Waals surface area (Å²) in [6.07, 6.45) is 2.90. The lowest BCUT2D eigenvalue weighted by Gasteiger charge is -2.09. The van der Waals surface area contributed by atoms with Crippen molar-refractivity contribution >= 4 is 5.91 Å². The molecular weight excluding hydrogens is 273 g/mol. The molecule has 0 aliphatic carbocycles. The number of amides is 1. The summed E-state index contributed by atoms with van der Waals surface area (Å²) in [6.45, 7) is 0.0157. The van der Waals surface area contributed by atoms with E-state index in [1.807, 2.05) is 6.07 Å². The molecule has 106 valence electrons. The van der Waals surface area contributed by atoms with Gasteiger partial charge in [-0.2, -0.15) is 5.26 Å². The van der Waals surface area contributed by atoms with Crippen LogP contribution in [0, 0.1) is 17.1 Å². The molecule has 0 spiro atoms. The minimum Gasteiger partial charge on any atom is -0.494 e. The van der Waals surface area contributed by atoms with Gasteiger partial charge in [-0.25, -0.2) is 4.39 Å². The van der Waals surface area contributed by atoms with Gasteiger partial charge in [0.15, 0.2) is 0 Å². The molecule has 1 heterocycles. The van der Waals surface area contributed by atoms with Gasteiger partial charge in [-0.1, -0.05) is 6.07 Å². The van der Waals surface area contributed by atoms with E-state index in [1.165, 1.54) is 37.7 Å². The summed E-state index contributed by atoms with van der Waals surface area (Å²) in [6, 6.07) is 7.47. The Balaban J connectivity index is 2.10. The molecular formula is C15H12FN3O2. The van der Waals surface area contributed by atoms with Crippen LogP contribution in [0.15, 0.2) is 36.7 Å². The predicted molar refractivity (Wildman–Crippen MR) is 73.1 cm³/mol. The number of halogens is 1. The minimum atomic E-state index is -0.531. The number of nitriles is 1. The van der Waals surface area contributed by atoms with Crippen LogP contribution in [0.3, 0.4) is 0 Å². The zero-order valence-corrected chi connectivity index (χ0v) is 11.3. The number of aromatic nitrogens is 1. The van der Waals surface area contributed by atoms with Crippen LogP contribution in [-0.2, 0) is 6.54 Å². The van der Waals surface area contributed by atoms with Gasteiger partial charge >= 0.3 is 0 Å². The molecule has 0 saturated heterocycles. The van der Waals surface area contributed by atoms with Crippen molar-refractivity contribution in [2.24, 2.45) is 0 Å². The second-order valence-corrected chi connectivity index (χ2v) is 4.18. The number of benzene rings is 1. The van der Waals surface area contributed by atoms with E-state index in [9.17, 15) is 9.18 Å². The quantitative estimate of drug-likeness (QED) is 0.932. The van der Waals surface area contributed by atoms with E-state index in [0.29, 0.717) is 16.9 Å². The molecule has 0 fully saturated rings. The third-order valence-electron chi connectivity index (χ3n) is 2.87. The molecule has 1 amide bonds. The number of pyridine rings is 1. The first kappa shape index (κ1) is 14.5. The van der Waals surface area contributed by atoms with Crippen LogP contribution in [0.1, 0.15) is 21.5 Å². The molecule has 0 bridgehead atoms. The molecule has 1 N–H and O–H groups in total. The van der Waals surface area contributed by atoms with Gasteiger partial charge in [-0.05, 0) is 18.2 Å². The summed E-state index contributed by atoms with van der Waals surface area (Å²) in [5, 5.41) is 11.3. The molecule has 1 aromatic heterocycles. The highest BCUT2D eigenvalue weighted by molar-refractivity contribution is 5.96. The lowest BCUT2D eigenvalue weighted by Crippen LogP contribution is -2.24. The predicted octanol–water partition coefficient (Wildman–Crippen LogP) is 2.03. The number of nitrogens with one attached hydrogen (secondary N) is 1. The molecule has 6 heteroatoms. The Kier molecular flexibility index (Phi) is 4.46. The number of hydrogen-bond acceptors (Lipinski definition) is 4. The van der Waals surface area contributed by atoms with Gasteiger partial charge in [0, 0.05) is 18.3 Å². The molecule has 0 unspecified atom stereocenters. The maximum absolute atomic E-state index is 13.7. The highest BCUT2D eigenvalue weighted by atomic mass is 19.1. The summed E-state index contributed by atoms with van der Waals surface area (Å²) < 4.78 is 18.7. The van der Waals surface area contributed by atoms with E-state index in [4.69, 9.17) is 10.00 Å². The Bertz CT molecular complexity index is 710. The van der Waals surface area contributed by atoms with Gasteiger partial charge in [0.05, 0.1) is 30.5 Å². The standard InChI is InChI=1S/C15H12FN3O2/c1-21-14-9-18-5-4-12(14)15(20)19-8-11-3-2-10(7-17)6-13(11)16/h2-6,9H,8H2,1H3,(H,19,20). The molecule has 0 radical (unpaired) electrons. The fourth-order valence-corrected chi connectivity index (χ4v) is 1.76. The summed E-state index contributed by atoms with van der Waals surface area (Å²) in [5.74, 6) is -0.579. The zero-order valence-electron chi connectivity index (χ0n) is 11.3. The van der Waals surface area contributed by atoms with Crippen molar-refractivity contribution in [2.45, 2.75) is 6.54 Å². The first-order valence-corrected chi connectivity index (χ1v) is 6.10. The molecule has 0 aliphatic heterocycles. The van der Waals surface area contributed by atoms with E-state index < -0.39 is 11.7 Å². The Morgan fingerprint density at radius 1 is 1.48 bits per heavy atom. The molecule has 21 heavy (non-hydrogen) atoms. The Labute approximate surface area is 121 Å². The van der Waals surface area contributed by atoms with Gasteiger partial charge in [-0.15, -0.1) is 0 Å². The Hall–Kier alpha value is -2.94. The molecule has 2 rings (SSSR count). The fourth-order valence-electron chi connectivity index (χ4n) is 1.76. The minimum absolute atomic E-state index is 0.0157. The molecule has 5 nitrogen and oxygen atoms in total. The summed E-state index contributed by atoms with van der Waals surface area (Å²) in [4.78, 5) is 15.9.